The van der Waals surface area contributed by atoms with Gasteiger partial charge in [-0.25, -0.2) is 18.4 Å². The Morgan fingerprint density at radius 1 is 0.644 bits per heavy atom. The molecule has 2 aliphatic carbocycles. The van der Waals surface area contributed by atoms with Crippen LogP contribution in [-0.2, 0) is 17.6 Å². The third-order valence-electron chi connectivity index (χ3n) is 11.1. The van der Waals surface area contributed by atoms with Crippen LogP contribution >= 0.6 is 0 Å². The SMILES string of the molecule is COC(=O)c1cc(C2CC2)cnc1Cc1ccc2c(ccn2-c2cccc(F)c2)c1.O=C(O)c1cc(C2CC2)cnc1Cc1ccc2c(ccn2-c2cccc(F)c2)c1. The largest absolute Gasteiger partial charge is 0.478 e. The van der Waals surface area contributed by atoms with Crippen molar-refractivity contribution < 1.29 is 28.2 Å². The van der Waals surface area contributed by atoms with E-state index in [0.717, 1.165) is 86.8 Å². The summed E-state index contributed by atoms with van der Waals surface area (Å²) in [5, 5.41) is 11.7. The van der Waals surface area contributed by atoms with Crippen molar-refractivity contribution in [2.45, 2.75) is 50.4 Å². The summed E-state index contributed by atoms with van der Waals surface area (Å²) in [4.78, 5) is 33.1. The topological polar surface area (TPSA) is 99.2 Å². The molecule has 0 atom stereocenters. The van der Waals surface area contributed by atoms with Gasteiger partial charge in [0.2, 0.25) is 0 Å². The van der Waals surface area contributed by atoms with Crippen LogP contribution in [0.15, 0.2) is 134 Å². The smallest absolute Gasteiger partial charge is 0.339 e. The van der Waals surface area contributed by atoms with E-state index in [1.807, 2.05) is 94.6 Å². The molecule has 0 aliphatic heterocycles. The lowest BCUT2D eigenvalue weighted by Crippen LogP contribution is -2.09. The molecule has 10 heteroatoms. The molecule has 59 heavy (non-hydrogen) atoms. The minimum atomic E-state index is -0.937. The van der Waals surface area contributed by atoms with Gasteiger partial charge >= 0.3 is 11.9 Å². The Balaban J connectivity index is 0.000000152. The maximum absolute atomic E-state index is 13.6. The summed E-state index contributed by atoms with van der Waals surface area (Å²) in [6.45, 7) is 0. The minimum Gasteiger partial charge on any atom is -0.478 e. The van der Waals surface area contributed by atoms with Crippen molar-refractivity contribution >= 4 is 33.7 Å². The number of methoxy groups -OCH3 is 1. The Kier molecular flexibility index (Phi) is 10.1. The quantitative estimate of drug-likeness (QED) is 0.139. The molecule has 0 saturated heterocycles. The van der Waals surface area contributed by atoms with Crippen LogP contribution in [0.5, 0.6) is 0 Å². The highest BCUT2D eigenvalue weighted by Gasteiger charge is 2.27. The van der Waals surface area contributed by atoms with E-state index in [4.69, 9.17) is 4.74 Å². The molecule has 294 valence electrons. The zero-order chi connectivity index (χ0) is 40.6. The Morgan fingerprint density at radius 2 is 1.12 bits per heavy atom. The molecule has 8 aromatic rings. The number of rotatable bonds is 10. The van der Waals surface area contributed by atoms with Gasteiger partial charge in [-0.2, -0.15) is 0 Å². The number of nitrogens with zero attached hydrogens (tertiary/aromatic N) is 4. The Labute approximate surface area is 339 Å². The fourth-order valence-corrected chi connectivity index (χ4v) is 7.74. The van der Waals surface area contributed by atoms with Gasteiger partial charge in [-0.15, -0.1) is 0 Å². The first-order chi connectivity index (χ1) is 28.7. The van der Waals surface area contributed by atoms with E-state index in [9.17, 15) is 23.5 Å². The fourth-order valence-electron chi connectivity index (χ4n) is 7.74. The van der Waals surface area contributed by atoms with Crippen molar-refractivity contribution in [2.75, 3.05) is 7.11 Å². The molecular formula is C49H40F2N4O4. The molecule has 0 unspecified atom stereocenters. The Hall–Kier alpha value is -6.94. The van der Waals surface area contributed by atoms with Gasteiger partial charge in [0.25, 0.3) is 0 Å². The van der Waals surface area contributed by atoms with Gasteiger partial charge in [0.15, 0.2) is 0 Å². The Bertz CT molecular complexity index is 2890. The first-order valence-corrected chi connectivity index (χ1v) is 19.7. The number of pyridine rings is 2. The molecular weight excluding hydrogens is 747 g/mol. The highest BCUT2D eigenvalue weighted by Crippen LogP contribution is 2.41. The molecule has 1 N–H and O–H groups in total. The fraction of sp³-hybridized carbons (Fsp3) is 0.184. The van der Waals surface area contributed by atoms with Crippen LogP contribution in [0.2, 0.25) is 0 Å². The van der Waals surface area contributed by atoms with E-state index in [2.05, 4.69) is 16.0 Å². The number of ether oxygens (including phenoxy) is 1. The summed E-state index contributed by atoms with van der Waals surface area (Å²) in [5.41, 5.74) is 9.80. The number of halogens is 2. The normalized spacial score (nSPS) is 13.6. The molecule has 10 rings (SSSR count). The van der Waals surface area contributed by atoms with Gasteiger partial charge in [-0.1, -0.05) is 24.3 Å². The molecule has 2 aliphatic rings. The number of aromatic carboxylic acids is 1. The molecule has 0 bridgehead atoms. The van der Waals surface area contributed by atoms with Crippen LogP contribution in [0.1, 0.15) is 91.9 Å². The lowest BCUT2D eigenvalue weighted by Gasteiger charge is -2.10. The number of hydrogen-bond acceptors (Lipinski definition) is 5. The zero-order valence-corrected chi connectivity index (χ0v) is 32.3. The number of carbonyl (C=O) groups is 2. The van der Waals surface area contributed by atoms with Crippen LogP contribution in [-0.4, -0.2) is 43.3 Å². The van der Waals surface area contributed by atoms with Crippen molar-refractivity contribution in [3.8, 4) is 11.4 Å². The summed E-state index contributed by atoms with van der Waals surface area (Å²) < 4.78 is 36.1. The molecule has 0 amide bonds. The zero-order valence-electron chi connectivity index (χ0n) is 32.3. The highest BCUT2D eigenvalue weighted by atomic mass is 19.1. The number of fused-ring (bicyclic) bond motifs is 2. The lowest BCUT2D eigenvalue weighted by atomic mass is 10.0. The third-order valence-corrected chi connectivity index (χ3v) is 11.1. The minimum absolute atomic E-state index is 0.262. The molecule has 4 aromatic carbocycles. The van der Waals surface area contributed by atoms with Crippen molar-refractivity contribution in [1.29, 1.82) is 0 Å². The standard InChI is InChI=1S/C25H21FN2O2.C24H19FN2O2/c1-30-25(29)22-13-19(17-6-7-17)15-27-23(22)12-16-5-8-24-18(11-16)9-10-28(24)21-4-2-3-20(26)14-21;25-19-2-1-3-20(13-19)27-9-8-17-10-15(4-7-23(17)27)11-22-21(24(28)29)12-18(14-26-22)16-5-6-16/h2-5,8-11,13-15,17H,6-7,12H2,1H3;1-4,7-10,12-14,16H,5-6,11H2,(H,28,29). The molecule has 0 spiro atoms. The monoisotopic (exact) mass is 786 g/mol. The summed E-state index contributed by atoms with van der Waals surface area (Å²) in [6, 6.07) is 32.8. The average molecular weight is 787 g/mol. The summed E-state index contributed by atoms with van der Waals surface area (Å²) in [6.07, 6.45) is 13.1. The first kappa shape index (κ1) is 37.6. The predicted molar refractivity (Wildman–Crippen MR) is 223 cm³/mol. The molecule has 0 radical (unpaired) electrons. The number of carbonyl (C=O) groups excluding carboxylic acids is 1. The molecule has 4 aromatic heterocycles. The second-order valence-electron chi connectivity index (χ2n) is 15.3. The number of aromatic nitrogens is 4. The van der Waals surface area contributed by atoms with Gasteiger partial charge in [0.1, 0.15) is 11.6 Å². The number of esters is 1. The lowest BCUT2D eigenvalue weighted by molar-refractivity contribution is 0.0598. The second-order valence-corrected chi connectivity index (χ2v) is 15.3. The summed E-state index contributed by atoms with van der Waals surface area (Å²) in [5.74, 6) is -0.834. The van der Waals surface area contributed by atoms with Crippen LogP contribution in [0.3, 0.4) is 0 Å². The van der Waals surface area contributed by atoms with Gasteiger partial charge in [0.05, 0.1) is 40.7 Å². The van der Waals surface area contributed by atoms with Crippen molar-refractivity contribution in [1.82, 2.24) is 19.1 Å². The van der Waals surface area contributed by atoms with E-state index in [0.29, 0.717) is 35.9 Å². The van der Waals surface area contributed by atoms with Gasteiger partial charge in [-0.05, 0) is 145 Å². The third kappa shape index (κ3) is 8.12. The second kappa shape index (κ2) is 15.8. The van der Waals surface area contributed by atoms with E-state index in [1.54, 1.807) is 18.2 Å². The van der Waals surface area contributed by atoms with Crippen LogP contribution < -0.4 is 0 Å². The highest BCUT2D eigenvalue weighted by molar-refractivity contribution is 5.91. The van der Waals surface area contributed by atoms with Crippen molar-refractivity contribution in [3.05, 3.63) is 190 Å². The van der Waals surface area contributed by atoms with E-state index in [1.165, 1.54) is 31.4 Å². The van der Waals surface area contributed by atoms with Crippen LogP contribution in [0.4, 0.5) is 8.78 Å². The predicted octanol–water partition coefficient (Wildman–Crippen LogP) is 10.8. The van der Waals surface area contributed by atoms with Crippen LogP contribution in [0.25, 0.3) is 33.2 Å². The summed E-state index contributed by atoms with van der Waals surface area (Å²) in [7, 11) is 1.40. The van der Waals surface area contributed by atoms with E-state index >= 15 is 0 Å². The van der Waals surface area contributed by atoms with Gasteiger partial charge in [-0.3, -0.25) is 9.97 Å². The van der Waals surface area contributed by atoms with Crippen LogP contribution in [0, 0.1) is 11.6 Å². The average Bonchev–Trinajstić information content (AvgIpc) is 4.19. The maximum atomic E-state index is 13.6. The van der Waals surface area contributed by atoms with Crippen molar-refractivity contribution in [3.63, 3.8) is 0 Å². The maximum Gasteiger partial charge on any atom is 0.339 e. The number of carboxylic acids is 1. The van der Waals surface area contributed by atoms with E-state index < -0.39 is 5.97 Å². The molecule has 8 nitrogen and oxygen atoms in total. The van der Waals surface area contributed by atoms with Gasteiger partial charge in [0, 0.05) is 59.8 Å². The number of hydrogen-bond donors (Lipinski definition) is 1. The number of benzene rings is 4. The number of carboxylic acid groups (broad SMARTS) is 1. The first-order valence-electron chi connectivity index (χ1n) is 19.7. The van der Waals surface area contributed by atoms with E-state index in [-0.39, 0.29) is 23.2 Å². The molecule has 2 fully saturated rings. The Morgan fingerprint density at radius 3 is 1.56 bits per heavy atom. The molecule has 2 saturated carbocycles. The summed E-state index contributed by atoms with van der Waals surface area (Å²) >= 11 is 0. The van der Waals surface area contributed by atoms with Gasteiger partial charge < -0.3 is 19.0 Å². The molecule has 4 heterocycles. The van der Waals surface area contributed by atoms with Crippen molar-refractivity contribution in [2.24, 2.45) is 0 Å².